The monoisotopic (exact) mass is 516 g/mol. The van der Waals surface area contributed by atoms with Crippen molar-refractivity contribution in [2.75, 3.05) is 40.9 Å². The van der Waals surface area contributed by atoms with Crippen molar-refractivity contribution in [3.8, 4) is 5.75 Å². The second-order valence-electron chi connectivity index (χ2n) is 8.23. The van der Waals surface area contributed by atoms with Gasteiger partial charge in [-0.3, -0.25) is 9.63 Å². The van der Waals surface area contributed by atoms with E-state index in [1.165, 1.54) is 33.5 Å². The first kappa shape index (κ1) is 27.9. The van der Waals surface area contributed by atoms with Crippen LogP contribution in [0, 0.1) is 5.92 Å². The Morgan fingerprint density at radius 2 is 1.54 bits per heavy atom. The minimum atomic E-state index is -1.32. The third-order valence-electron chi connectivity index (χ3n) is 6.17. The molecule has 1 aliphatic rings. The van der Waals surface area contributed by atoms with Crippen LogP contribution >= 0.6 is 0 Å². The molecule has 1 fully saturated rings. The molecule has 0 aliphatic carbocycles. The van der Waals surface area contributed by atoms with Crippen LogP contribution in [0.25, 0.3) is 0 Å². The lowest BCUT2D eigenvalue weighted by Crippen LogP contribution is -2.57. The van der Waals surface area contributed by atoms with Gasteiger partial charge in [-0.15, -0.1) is 0 Å². The summed E-state index contributed by atoms with van der Waals surface area (Å²) >= 11 is 0. The van der Waals surface area contributed by atoms with Crippen molar-refractivity contribution in [1.82, 2.24) is 5.06 Å². The van der Waals surface area contributed by atoms with E-state index >= 15 is 0 Å². The molecule has 2 aromatic rings. The molecule has 1 saturated heterocycles. The highest BCUT2D eigenvalue weighted by Crippen LogP contribution is 2.36. The number of methoxy groups -OCH3 is 5. The number of rotatable bonds is 11. The van der Waals surface area contributed by atoms with Gasteiger partial charge in [-0.2, -0.15) is 5.06 Å². The van der Waals surface area contributed by atoms with E-state index < -0.39 is 48.1 Å². The van der Waals surface area contributed by atoms with E-state index in [2.05, 4.69) is 5.32 Å². The zero-order valence-electron chi connectivity index (χ0n) is 21.4. The van der Waals surface area contributed by atoms with Gasteiger partial charge in [-0.1, -0.05) is 30.3 Å². The summed E-state index contributed by atoms with van der Waals surface area (Å²) in [6.45, 7) is 0.185. The minimum Gasteiger partial charge on any atom is -0.497 e. The quantitative estimate of drug-likeness (QED) is 0.348. The lowest BCUT2D eigenvalue weighted by molar-refractivity contribution is -0.195. The maximum absolute atomic E-state index is 13.1. The maximum atomic E-state index is 13.1. The Kier molecular flexibility index (Phi) is 9.84. The molecule has 0 aromatic heterocycles. The molecule has 0 radical (unpaired) electrons. The molecular formula is C26H32N2O9. The Morgan fingerprint density at radius 1 is 0.892 bits per heavy atom. The largest absolute Gasteiger partial charge is 0.497 e. The van der Waals surface area contributed by atoms with Gasteiger partial charge in [0.2, 0.25) is 0 Å². The molecule has 37 heavy (non-hydrogen) atoms. The lowest BCUT2D eigenvalue weighted by Gasteiger charge is -2.36. The molecule has 0 spiro atoms. The smallest absolute Gasteiger partial charge is 0.338 e. The third kappa shape index (κ3) is 6.37. The molecule has 2 aromatic carbocycles. The molecule has 0 bridgehead atoms. The third-order valence-corrected chi connectivity index (χ3v) is 6.17. The highest BCUT2D eigenvalue weighted by Gasteiger charge is 2.57. The van der Waals surface area contributed by atoms with E-state index in [-0.39, 0.29) is 6.54 Å². The zero-order chi connectivity index (χ0) is 26.9. The van der Waals surface area contributed by atoms with E-state index in [0.717, 1.165) is 5.56 Å². The first-order valence-electron chi connectivity index (χ1n) is 11.5. The molecule has 11 heteroatoms. The summed E-state index contributed by atoms with van der Waals surface area (Å²) in [4.78, 5) is 44.7. The second-order valence-corrected chi connectivity index (χ2v) is 8.23. The van der Waals surface area contributed by atoms with Crippen molar-refractivity contribution < 1.29 is 42.9 Å². The molecule has 0 saturated carbocycles. The predicted octanol–water partition coefficient (Wildman–Crippen LogP) is 1.81. The Balaban J connectivity index is 2.13. The molecule has 5 atom stereocenters. The molecule has 200 valence electrons. The summed E-state index contributed by atoms with van der Waals surface area (Å²) < 4.78 is 25.8. The Labute approximate surface area is 215 Å². The fraction of sp³-hybridized carbons (Fsp3) is 0.423. The second kappa shape index (κ2) is 13.0. The Hall–Kier alpha value is -3.67. The lowest BCUT2D eigenvalue weighted by atomic mass is 9.86. The molecule has 1 N–H and O–H groups in total. The first-order valence-corrected chi connectivity index (χ1v) is 11.5. The SMILES string of the molecule is COC(=O)[C@H]1[C@H]([C@H](Nc2ccc(OC)cc2)[C@@H](OC)C(=O)OC)N(Cc2ccccc2)O[C@H]1C(=O)OC. The van der Waals surface area contributed by atoms with Gasteiger partial charge in [0.1, 0.15) is 11.7 Å². The molecule has 3 rings (SSSR count). The van der Waals surface area contributed by atoms with E-state index in [1.807, 2.05) is 30.3 Å². The average molecular weight is 517 g/mol. The number of hydrogen-bond acceptors (Lipinski definition) is 11. The highest BCUT2D eigenvalue weighted by molar-refractivity contribution is 5.85. The molecule has 1 heterocycles. The van der Waals surface area contributed by atoms with Crippen LogP contribution in [-0.2, 0) is 44.7 Å². The van der Waals surface area contributed by atoms with E-state index in [4.69, 9.17) is 28.5 Å². The Morgan fingerprint density at radius 3 is 2.08 bits per heavy atom. The number of anilines is 1. The molecule has 11 nitrogen and oxygen atoms in total. The number of hydroxylamine groups is 2. The van der Waals surface area contributed by atoms with E-state index in [0.29, 0.717) is 11.4 Å². The van der Waals surface area contributed by atoms with Gasteiger partial charge < -0.3 is 29.0 Å². The summed E-state index contributed by atoms with van der Waals surface area (Å²) in [5, 5.41) is 4.76. The van der Waals surface area contributed by atoms with Crippen molar-refractivity contribution >= 4 is 23.6 Å². The average Bonchev–Trinajstić information content (AvgIpc) is 3.31. The molecule has 0 amide bonds. The topological polar surface area (TPSA) is 122 Å². The van der Waals surface area contributed by atoms with Crippen molar-refractivity contribution in [3.05, 3.63) is 60.2 Å². The van der Waals surface area contributed by atoms with Gasteiger partial charge >= 0.3 is 17.9 Å². The summed E-state index contributed by atoms with van der Waals surface area (Å²) in [5.41, 5.74) is 1.44. The van der Waals surface area contributed by atoms with Gasteiger partial charge in [0.25, 0.3) is 0 Å². The Bertz CT molecular complexity index is 1050. The molecular weight excluding hydrogens is 484 g/mol. The van der Waals surface area contributed by atoms with Gasteiger partial charge in [-0.05, 0) is 29.8 Å². The van der Waals surface area contributed by atoms with Crippen LogP contribution in [0.3, 0.4) is 0 Å². The van der Waals surface area contributed by atoms with Crippen molar-refractivity contribution in [3.63, 3.8) is 0 Å². The number of carbonyl (C=O) groups is 3. The molecule has 1 aliphatic heterocycles. The van der Waals surface area contributed by atoms with E-state index in [1.54, 1.807) is 31.4 Å². The van der Waals surface area contributed by atoms with Crippen LogP contribution < -0.4 is 10.1 Å². The summed E-state index contributed by atoms with van der Waals surface area (Å²) in [7, 11) is 6.56. The number of hydrogen-bond donors (Lipinski definition) is 1. The van der Waals surface area contributed by atoms with Crippen LogP contribution in [0.2, 0.25) is 0 Å². The van der Waals surface area contributed by atoms with Gasteiger partial charge in [0.05, 0.1) is 40.5 Å². The standard InChI is InChI=1S/C26H32N2O9/c1-32-18-13-11-17(12-14-18)27-20(23(33-2)26(31)36-5)21-19(24(29)34-3)22(25(30)35-4)37-28(21)15-16-9-7-6-8-10-16/h6-14,19-23,27H,15H2,1-5H3/t19-,20-,21+,22+,23+/m0/s1. The summed E-state index contributed by atoms with van der Waals surface area (Å²) in [6.07, 6.45) is -2.51. The number of nitrogens with one attached hydrogen (secondary N) is 1. The maximum Gasteiger partial charge on any atom is 0.338 e. The number of benzene rings is 2. The van der Waals surface area contributed by atoms with Crippen LogP contribution in [0.4, 0.5) is 5.69 Å². The summed E-state index contributed by atoms with van der Waals surface area (Å²) in [6, 6.07) is 14.4. The number of ether oxygens (including phenoxy) is 5. The normalized spacial score (nSPS) is 20.9. The fourth-order valence-corrected chi connectivity index (χ4v) is 4.38. The van der Waals surface area contributed by atoms with Crippen molar-refractivity contribution in [1.29, 1.82) is 0 Å². The number of esters is 3. The zero-order valence-corrected chi connectivity index (χ0v) is 21.4. The van der Waals surface area contributed by atoms with Gasteiger partial charge in [-0.25, -0.2) is 9.59 Å². The van der Waals surface area contributed by atoms with Gasteiger partial charge in [0, 0.05) is 19.3 Å². The molecule has 0 unspecified atom stereocenters. The predicted molar refractivity (Wildman–Crippen MR) is 131 cm³/mol. The minimum absolute atomic E-state index is 0.185. The number of carbonyl (C=O) groups excluding carboxylic acids is 3. The van der Waals surface area contributed by atoms with Crippen molar-refractivity contribution in [2.45, 2.75) is 30.8 Å². The van der Waals surface area contributed by atoms with Crippen LogP contribution in [0.1, 0.15) is 5.56 Å². The van der Waals surface area contributed by atoms with Crippen LogP contribution in [0.5, 0.6) is 5.75 Å². The first-order chi connectivity index (χ1) is 17.9. The fourth-order valence-electron chi connectivity index (χ4n) is 4.38. The van der Waals surface area contributed by atoms with Crippen molar-refractivity contribution in [2.24, 2.45) is 5.92 Å². The van der Waals surface area contributed by atoms with E-state index in [9.17, 15) is 14.4 Å². The highest BCUT2D eigenvalue weighted by atomic mass is 16.7. The van der Waals surface area contributed by atoms with Crippen LogP contribution in [-0.4, -0.2) is 82.8 Å². The van der Waals surface area contributed by atoms with Crippen LogP contribution in [0.15, 0.2) is 54.6 Å². The van der Waals surface area contributed by atoms with Gasteiger partial charge in [0.15, 0.2) is 12.2 Å². The number of nitrogens with zero attached hydrogens (tertiary/aromatic N) is 1. The summed E-state index contributed by atoms with van der Waals surface area (Å²) in [5.74, 6) is -2.69.